The van der Waals surface area contributed by atoms with Crippen LogP contribution in [0.2, 0.25) is 0 Å². The first-order chi connectivity index (χ1) is 11.7. The molecule has 1 saturated heterocycles. The van der Waals surface area contributed by atoms with Crippen LogP contribution < -0.4 is 10.2 Å². The highest BCUT2D eigenvalue weighted by Gasteiger charge is 2.23. The fraction of sp³-hybridized carbons (Fsp3) is 0.375. The van der Waals surface area contributed by atoms with E-state index in [1.54, 1.807) is 40.8 Å². The number of carbonyl (C=O) groups excluding carboxylic acids is 1. The fourth-order valence-electron chi connectivity index (χ4n) is 2.93. The maximum atomic E-state index is 12.2. The second-order valence-electron chi connectivity index (χ2n) is 5.98. The van der Waals surface area contributed by atoms with Gasteiger partial charge in [-0.2, -0.15) is 5.10 Å². The van der Waals surface area contributed by atoms with Crippen molar-refractivity contribution in [3.05, 3.63) is 36.4 Å². The number of rotatable bonds is 3. The lowest BCUT2D eigenvalue weighted by molar-refractivity contribution is 0.0931. The van der Waals surface area contributed by atoms with E-state index in [0.717, 1.165) is 41.3 Å². The highest BCUT2D eigenvalue weighted by atomic mass is 32.1. The number of thiazole rings is 1. The highest BCUT2D eigenvalue weighted by Crippen LogP contribution is 2.29. The van der Waals surface area contributed by atoms with Crippen molar-refractivity contribution >= 4 is 32.6 Å². The molecule has 8 heteroatoms. The maximum Gasteiger partial charge on any atom is 0.254 e. The van der Waals surface area contributed by atoms with Gasteiger partial charge in [-0.05, 0) is 18.9 Å². The smallest absolute Gasteiger partial charge is 0.254 e. The third-order valence-corrected chi connectivity index (χ3v) is 5.34. The zero-order valence-corrected chi connectivity index (χ0v) is 14.2. The number of carbonyl (C=O) groups is 1. The molecule has 124 valence electrons. The first kappa shape index (κ1) is 15.1. The Hall–Kier alpha value is -2.48. The summed E-state index contributed by atoms with van der Waals surface area (Å²) in [6.45, 7) is 1.79. The van der Waals surface area contributed by atoms with Crippen molar-refractivity contribution in [2.45, 2.75) is 18.9 Å². The summed E-state index contributed by atoms with van der Waals surface area (Å²) >= 11 is 1.70. The van der Waals surface area contributed by atoms with Crippen LogP contribution in [0.3, 0.4) is 0 Å². The zero-order valence-electron chi connectivity index (χ0n) is 13.3. The average molecular weight is 342 g/mol. The van der Waals surface area contributed by atoms with Gasteiger partial charge in [0.15, 0.2) is 5.13 Å². The van der Waals surface area contributed by atoms with Crippen molar-refractivity contribution in [1.82, 2.24) is 25.1 Å². The lowest BCUT2D eigenvalue weighted by Crippen LogP contribution is -2.44. The molecule has 0 aromatic carbocycles. The SMILES string of the molecule is Cn1cc(C(=O)NC2CCN(c3nc4cnccc4s3)CC2)cn1. The molecule has 0 atom stereocenters. The van der Waals surface area contributed by atoms with E-state index in [1.807, 2.05) is 13.1 Å². The molecule has 4 heterocycles. The molecule has 0 radical (unpaired) electrons. The summed E-state index contributed by atoms with van der Waals surface area (Å²) in [5, 5.41) is 8.18. The van der Waals surface area contributed by atoms with E-state index >= 15 is 0 Å². The van der Waals surface area contributed by atoms with Crippen molar-refractivity contribution in [2.75, 3.05) is 18.0 Å². The van der Waals surface area contributed by atoms with E-state index in [0.29, 0.717) is 5.56 Å². The van der Waals surface area contributed by atoms with Crippen LogP contribution in [0, 0.1) is 0 Å². The van der Waals surface area contributed by atoms with E-state index in [2.05, 4.69) is 25.3 Å². The van der Waals surface area contributed by atoms with Crippen LogP contribution in [0.15, 0.2) is 30.9 Å². The van der Waals surface area contributed by atoms with Gasteiger partial charge in [-0.15, -0.1) is 0 Å². The molecule has 0 bridgehead atoms. The normalized spacial score (nSPS) is 15.8. The predicted octanol–water partition coefficient (Wildman–Crippen LogP) is 1.82. The monoisotopic (exact) mass is 342 g/mol. The number of hydrogen-bond donors (Lipinski definition) is 1. The van der Waals surface area contributed by atoms with Crippen molar-refractivity contribution < 1.29 is 4.79 Å². The topological polar surface area (TPSA) is 75.9 Å². The van der Waals surface area contributed by atoms with Gasteiger partial charge >= 0.3 is 0 Å². The molecule has 3 aromatic heterocycles. The summed E-state index contributed by atoms with van der Waals surface area (Å²) < 4.78 is 2.80. The summed E-state index contributed by atoms with van der Waals surface area (Å²) in [7, 11) is 1.81. The van der Waals surface area contributed by atoms with E-state index in [4.69, 9.17) is 0 Å². The van der Waals surface area contributed by atoms with Crippen molar-refractivity contribution in [2.24, 2.45) is 7.05 Å². The van der Waals surface area contributed by atoms with Crippen LogP contribution >= 0.6 is 11.3 Å². The number of fused-ring (bicyclic) bond motifs is 1. The Morgan fingerprint density at radius 1 is 1.33 bits per heavy atom. The van der Waals surface area contributed by atoms with Crippen LogP contribution in [0.25, 0.3) is 10.2 Å². The summed E-state index contributed by atoms with van der Waals surface area (Å²) in [6, 6.07) is 2.20. The van der Waals surface area contributed by atoms with Crippen LogP contribution in [-0.2, 0) is 7.05 Å². The number of aryl methyl sites for hydroxylation is 1. The van der Waals surface area contributed by atoms with Crippen LogP contribution in [-0.4, -0.2) is 44.8 Å². The first-order valence-electron chi connectivity index (χ1n) is 7.94. The van der Waals surface area contributed by atoms with Crippen LogP contribution in [0.4, 0.5) is 5.13 Å². The van der Waals surface area contributed by atoms with Crippen molar-refractivity contribution in [3.63, 3.8) is 0 Å². The zero-order chi connectivity index (χ0) is 16.5. The number of amides is 1. The Morgan fingerprint density at radius 3 is 2.88 bits per heavy atom. The molecular weight excluding hydrogens is 324 g/mol. The number of aromatic nitrogens is 4. The summed E-state index contributed by atoms with van der Waals surface area (Å²) in [5.41, 5.74) is 1.56. The molecule has 4 rings (SSSR count). The quantitative estimate of drug-likeness (QED) is 0.786. The molecular formula is C16H18N6OS. The summed E-state index contributed by atoms with van der Waals surface area (Å²) in [6.07, 6.45) is 8.76. The molecule has 1 aliphatic heterocycles. The van der Waals surface area contributed by atoms with Gasteiger partial charge in [-0.1, -0.05) is 11.3 Å². The molecule has 24 heavy (non-hydrogen) atoms. The van der Waals surface area contributed by atoms with Gasteiger partial charge in [0.25, 0.3) is 5.91 Å². The summed E-state index contributed by atoms with van der Waals surface area (Å²) in [4.78, 5) is 23.3. The van der Waals surface area contributed by atoms with Gasteiger partial charge in [-0.3, -0.25) is 14.5 Å². The van der Waals surface area contributed by atoms with Gasteiger partial charge in [0, 0.05) is 38.6 Å². The Bertz CT molecular complexity index is 831. The molecule has 1 amide bonds. The number of nitrogens with one attached hydrogen (secondary N) is 1. The Morgan fingerprint density at radius 2 is 2.17 bits per heavy atom. The third-order valence-electron chi connectivity index (χ3n) is 4.25. The second-order valence-corrected chi connectivity index (χ2v) is 6.99. The largest absolute Gasteiger partial charge is 0.349 e. The minimum atomic E-state index is -0.0485. The van der Waals surface area contributed by atoms with Gasteiger partial charge in [0.2, 0.25) is 0 Å². The molecule has 1 aliphatic rings. The van der Waals surface area contributed by atoms with E-state index in [9.17, 15) is 4.79 Å². The standard InChI is InChI=1S/C16H18N6OS/c1-21-10-11(8-18-21)15(23)19-12-3-6-22(7-4-12)16-20-13-9-17-5-2-14(13)24-16/h2,5,8-10,12H,3-4,6-7H2,1H3,(H,19,23). The highest BCUT2D eigenvalue weighted by molar-refractivity contribution is 7.22. The molecule has 0 spiro atoms. The minimum absolute atomic E-state index is 0.0485. The van der Waals surface area contributed by atoms with E-state index < -0.39 is 0 Å². The van der Waals surface area contributed by atoms with Gasteiger partial charge in [0.1, 0.15) is 5.52 Å². The second kappa shape index (κ2) is 6.20. The molecule has 0 aliphatic carbocycles. The number of pyridine rings is 1. The molecule has 1 N–H and O–H groups in total. The van der Waals surface area contributed by atoms with Gasteiger partial charge < -0.3 is 10.2 Å². The number of nitrogens with zero attached hydrogens (tertiary/aromatic N) is 5. The van der Waals surface area contributed by atoms with Crippen molar-refractivity contribution in [1.29, 1.82) is 0 Å². The Balaban J connectivity index is 1.37. The molecule has 7 nitrogen and oxygen atoms in total. The first-order valence-corrected chi connectivity index (χ1v) is 8.76. The third kappa shape index (κ3) is 2.96. The number of anilines is 1. The van der Waals surface area contributed by atoms with Gasteiger partial charge in [0.05, 0.1) is 22.7 Å². The van der Waals surface area contributed by atoms with Crippen LogP contribution in [0.5, 0.6) is 0 Å². The number of hydrogen-bond acceptors (Lipinski definition) is 6. The summed E-state index contributed by atoms with van der Waals surface area (Å²) in [5.74, 6) is -0.0485. The lowest BCUT2D eigenvalue weighted by Gasteiger charge is -2.32. The molecule has 0 unspecified atom stereocenters. The molecule has 0 saturated carbocycles. The van der Waals surface area contributed by atoms with Gasteiger partial charge in [-0.25, -0.2) is 4.98 Å². The van der Waals surface area contributed by atoms with E-state index in [-0.39, 0.29) is 11.9 Å². The minimum Gasteiger partial charge on any atom is -0.349 e. The fourth-order valence-corrected chi connectivity index (χ4v) is 3.91. The van der Waals surface area contributed by atoms with E-state index in [1.165, 1.54) is 0 Å². The molecule has 1 fully saturated rings. The predicted molar refractivity (Wildman–Crippen MR) is 93.3 cm³/mol. The molecule has 3 aromatic rings. The maximum absolute atomic E-state index is 12.2. The Labute approximate surface area is 143 Å². The Kier molecular flexibility index (Phi) is 3.89. The van der Waals surface area contributed by atoms with Crippen LogP contribution in [0.1, 0.15) is 23.2 Å². The average Bonchev–Trinajstić information content (AvgIpc) is 3.21. The number of piperidine rings is 1. The lowest BCUT2D eigenvalue weighted by atomic mass is 10.1. The van der Waals surface area contributed by atoms with Crippen molar-refractivity contribution in [3.8, 4) is 0 Å².